The van der Waals surface area contributed by atoms with Crippen LogP contribution in [0.25, 0.3) is 0 Å². The lowest BCUT2D eigenvalue weighted by atomic mass is 10.2. The van der Waals surface area contributed by atoms with Gasteiger partial charge in [0, 0.05) is 6.42 Å². The average Bonchev–Trinajstić information content (AvgIpc) is 1.82. The second-order valence-electron chi connectivity index (χ2n) is 1.56. The zero-order valence-corrected chi connectivity index (χ0v) is 4.74. The molecule has 0 atom stereocenters. The van der Waals surface area contributed by atoms with Gasteiger partial charge in [-0.3, -0.25) is 9.18 Å². The Balaban J connectivity index is 3.28. The third-order valence-electron chi connectivity index (χ3n) is 0.800. The highest BCUT2D eigenvalue weighted by molar-refractivity contribution is 5.81. The van der Waals surface area contributed by atoms with E-state index in [9.17, 15) is 18.0 Å². The Labute approximate surface area is 50.9 Å². The second kappa shape index (κ2) is 4.35. The van der Waals surface area contributed by atoms with Crippen LogP contribution >= 0.6 is 0 Å². The predicted octanol–water partition coefficient (Wildman–Crippen LogP) is 1.57. The summed E-state index contributed by atoms with van der Waals surface area (Å²) in [5, 5.41) is 0. The van der Waals surface area contributed by atoms with Gasteiger partial charge in [0.2, 0.25) is 0 Å². The molecule has 0 aromatic heterocycles. The van der Waals surface area contributed by atoms with E-state index < -0.39 is 18.9 Å². The maximum atomic E-state index is 11.3. The fraction of sp³-hybridized carbons (Fsp3) is 0.800. The molecule has 0 aromatic rings. The zero-order valence-electron chi connectivity index (χ0n) is 4.74. The van der Waals surface area contributed by atoms with Crippen LogP contribution in [0.1, 0.15) is 12.8 Å². The average molecular weight is 140 g/mol. The molecule has 0 aromatic carbocycles. The van der Waals surface area contributed by atoms with E-state index in [-0.39, 0.29) is 12.8 Å². The third kappa shape index (κ3) is 4.00. The van der Waals surface area contributed by atoms with Crippen LogP contribution < -0.4 is 0 Å². The van der Waals surface area contributed by atoms with Gasteiger partial charge in [0.1, 0.15) is 0 Å². The van der Waals surface area contributed by atoms with E-state index in [1.165, 1.54) is 0 Å². The first-order valence-corrected chi connectivity index (χ1v) is 2.55. The zero-order chi connectivity index (χ0) is 7.28. The molecule has 4 heteroatoms. The van der Waals surface area contributed by atoms with Crippen LogP contribution in [0.3, 0.4) is 0 Å². The monoisotopic (exact) mass is 140 g/mol. The van der Waals surface area contributed by atoms with Crippen LogP contribution in [0, 0.1) is 0 Å². The van der Waals surface area contributed by atoms with Crippen molar-refractivity contribution in [2.75, 3.05) is 6.67 Å². The minimum Gasteiger partial charge on any atom is -0.293 e. The smallest absolute Gasteiger partial charge is 0.293 e. The quantitative estimate of drug-likeness (QED) is 0.579. The summed E-state index contributed by atoms with van der Waals surface area (Å²) in [6.07, 6.45) is -3.38. The van der Waals surface area contributed by atoms with Gasteiger partial charge in [-0.1, -0.05) is 0 Å². The summed E-state index contributed by atoms with van der Waals surface area (Å²) in [7, 11) is 0. The van der Waals surface area contributed by atoms with E-state index in [1.807, 2.05) is 0 Å². The van der Waals surface area contributed by atoms with Crippen LogP contribution in [-0.4, -0.2) is 18.9 Å². The highest BCUT2D eigenvalue weighted by atomic mass is 19.3. The molecule has 0 aliphatic heterocycles. The van der Waals surface area contributed by atoms with Crippen LogP contribution in [0.15, 0.2) is 0 Å². The van der Waals surface area contributed by atoms with E-state index in [4.69, 9.17) is 0 Å². The number of halogens is 3. The van der Waals surface area contributed by atoms with Gasteiger partial charge in [-0.2, -0.15) is 0 Å². The maximum absolute atomic E-state index is 11.3. The second-order valence-corrected chi connectivity index (χ2v) is 1.56. The summed E-state index contributed by atoms with van der Waals surface area (Å²) in [6.45, 7) is -0.710. The first-order chi connectivity index (χ1) is 4.18. The molecule has 0 N–H and O–H groups in total. The van der Waals surface area contributed by atoms with Gasteiger partial charge in [0.05, 0.1) is 6.67 Å². The normalized spacial score (nSPS) is 10.2. The van der Waals surface area contributed by atoms with E-state index in [0.717, 1.165) is 0 Å². The molecule has 0 heterocycles. The fourth-order valence-corrected chi connectivity index (χ4v) is 0.350. The molecule has 9 heavy (non-hydrogen) atoms. The van der Waals surface area contributed by atoms with Crippen molar-refractivity contribution in [1.29, 1.82) is 0 Å². The Bertz CT molecular complexity index is 92.2. The van der Waals surface area contributed by atoms with Crippen molar-refractivity contribution in [1.82, 2.24) is 0 Å². The molecule has 0 amide bonds. The lowest BCUT2D eigenvalue weighted by molar-refractivity contribution is -0.129. The Morgan fingerprint density at radius 3 is 2.33 bits per heavy atom. The largest absolute Gasteiger partial charge is 0.295 e. The van der Waals surface area contributed by atoms with Crippen LogP contribution in [-0.2, 0) is 4.79 Å². The van der Waals surface area contributed by atoms with Gasteiger partial charge in [0.25, 0.3) is 6.43 Å². The first kappa shape index (κ1) is 8.46. The minimum atomic E-state index is -2.93. The molecule has 1 nitrogen and oxygen atoms in total. The number of ketones is 1. The molecular formula is C5H7F3O. The molecule has 0 bridgehead atoms. The van der Waals surface area contributed by atoms with Gasteiger partial charge in [-0.25, -0.2) is 8.78 Å². The lowest BCUT2D eigenvalue weighted by Gasteiger charge is -1.93. The Morgan fingerprint density at radius 1 is 1.44 bits per heavy atom. The van der Waals surface area contributed by atoms with E-state index >= 15 is 0 Å². The van der Waals surface area contributed by atoms with Crippen molar-refractivity contribution in [3.05, 3.63) is 0 Å². The Morgan fingerprint density at radius 2 is 2.00 bits per heavy atom. The van der Waals surface area contributed by atoms with Crippen molar-refractivity contribution in [3.8, 4) is 0 Å². The van der Waals surface area contributed by atoms with Crippen molar-refractivity contribution in [2.45, 2.75) is 19.3 Å². The van der Waals surface area contributed by atoms with Gasteiger partial charge in [-0.05, 0) is 6.42 Å². The predicted molar refractivity (Wildman–Crippen MR) is 26.2 cm³/mol. The highest BCUT2D eigenvalue weighted by Gasteiger charge is 2.13. The number of rotatable bonds is 4. The Kier molecular flexibility index (Phi) is 4.09. The van der Waals surface area contributed by atoms with Crippen molar-refractivity contribution < 1.29 is 18.0 Å². The number of hydrogen-bond donors (Lipinski definition) is 0. The molecule has 54 valence electrons. The molecule has 0 spiro atoms. The molecule has 0 aliphatic carbocycles. The molecule has 0 saturated carbocycles. The molecule has 0 unspecified atom stereocenters. The SMILES string of the molecule is O=C(CCCF)C(F)F. The summed E-state index contributed by atoms with van der Waals surface area (Å²) >= 11 is 0. The maximum Gasteiger partial charge on any atom is 0.295 e. The number of alkyl halides is 3. The van der Waals surface area contributed by atoms with Gasteiger partial charge < -0.3 is 0 Å². The van der Waals surface area contributed by atoms with Crippen molar-refractivity contribution in [3.63, 3.8) is 0 Å². The lowest BCUT2D eigenvalue weighted by Crippen LogP contribution is -2.09. The number of carbonyl (C=O) groups excluding carboxylic acids is 1. The summed E-state index contributed by atoms with van der Waals surface area (Å²) in [5.74, 6) is -1.17. The van der Waals surface area contributed by atoms with Gasteiger partial charge in [0.15, 0.2) is 5.78 Å². The summed E-state index contributed by atoms with van der Waals surface area (Å²) in [5.41, 5.74) is 0. The van der Waals surface area contributed by atoms with Gasteiger partial charge in [-0.15, -0.1) is 0 Å². The highest BCUT2D eigenvalue weighted by Crippen LogP contribution is 2.00. The van der Waals surface area contributed by atoms with E-state index in [1.54, 1.807) is 0 Å². The van der Waals surface area contributed by atoms with E-state index in [0.29, 0.717) is 0 Å². The third-order valence-corrected chi connectivity index (χ3v) is 0.800. The molecule has 0 radical (unpaired) electrons. The van der Waals surface area contributed by atoms with Gasteiger partial charge >= 0.3 is 0 Å². The van der Waals surface area contributed by atoms with Crippen LogP contribution in [0.2, 0.25) is 0 Å². The van der Waals surface area contributed by atoms with Crippen molar-refractivity contribution in [2.24, 2.45) is 0 Å². The number of carbonyl (C=O) groups is 1. The fourth-order valence-electron chi connectivity index (χ4n) is 0.350. The number of hydrogen-bond acceptors (Lipinski definition) is 1. The number of Topliss-reactive ketones (excluding diaryl/α,β-unsaturated/α-hetero) is 1. The Hall–Kier alpha value is -0.540. The molecule has 0 rings (SSSR count). The van der Waals surface area contributed by atoms with E-state index in [2.05, 4.69) is 0 Å². The van der Waals surface area contributed by atoms with Crippen LogP contribution in [0.4, 0.5) is 13.2 Å². The summed E-state index contributed by atoms with van der Waals surface area (Å²) in [4.78, 5) is 9.99. The molecule has 0 aliphatic rings. The molecule has 0 saturated heterocycles. The molecule has 0 fully saturated rings. The minimum absolute atomic E-state index is 0.0941. The summed E-state index contributed by atoms with van der Waals surface area (Å²) < 4.78 is 33.8. The van der Waals surface area contributed by atoms with Crippen LogP contribution in [0.5, 0.6) is 0 Å². The molecular weight excluding hydrogens is 133 g/mol. The summed E-state index contributed by atoms with van der Waals surface area (Å²) in [6, 6.07) is 0. The standard InChI is InChI=1S/C5H7F3O/c6-3-1-2-4(9)5(7)8/h5H,1-3H2. The van der Waals surface area contributed by atoms with Crippen molar-refractivity contribution >= 4 is 5.78 Å². The topological polar surface area (TPSA) is 17.1 Å². The first-order valence-electron chi connectivity index (χ1n) is 2.55.